The predicted molar refractivity (Wildman–Crippen MR) is 78.5 cm³/mol. The molecular formula is C15H20N2O4. The van der Waals surface area contributed by atoms with Gasteiger partial charge in [0.1, 0.15) is 0 Å². The number of carbonyl (C=O) groups excluding carboxylic acids is 1. The molecule has 3 N–H and O–H groups in total. The molecule has 1 aromatic rings. The lowest BCUT2D eigenvalue weighted by Gasteiger charge is -2.29. The van der Waals surface area contributed by atoms with Gasteiger partial charge in [0, 0.05) is 6.54 Å². The van der Waals surface area contributed by atoms with Crippen LogP contribution in [-0.2, 0) is 0 Å². The standard InChI is InChI=1S/C15H20N2O4/c18-10-11-6-2-1-5-9-17(11)15(21)16-13-8-4-3-7-12(13)14(19)20/h3-4,7-8,11,18H,1-2,5-6,9-10H2,(H,16,21)(H,19,20). The van der Waals surface area contributed by atoms with Gasteiger partial charge in [0.05, 0.1) is 23.9 Å². The van der Waals surface area contributed by atoms with Crippen LogP contribution in [0.5, 0.6) is 0 Å². The first-order chi connectivity index (χ1) is 10.1. The fourth-order valence-electron chi connectivity index (χ4n) is 2.60. The van der Waals surface area contributed by atoms with E-state index in [2.05, 4.69) is 5.32 Å². The zero-order chi connectivity index (χ0) is 15.2. The van der Waals surface area contributed by atoms with Crippen LogP contribution >= 0.6 is 0 Å². The van der Waals surface area contributed by atoms with Crippen LogP contribution in [0.25, 0.3) is 0 Å². The van der Waals surface area contributed by atoms with Crippen molar-refractivity contribution in [2.75, 3.05) is 18.5 Å². The number of hydrogen-bond donors (Lipinski definition) is 3. The fraction of sp³-hybridized carbons (Fsp3) is 0.467. The number of carbonyl (C=O) groups is 2. The van der Waals surface area contributed by atoms with E-state index in [1.807, 2.05) is 0 Å². The van der Waals surface area contributed by atoms with Gasteiger partial charge in [-0.15, -0.1) is 0 Å². The summed E-state index contributed by atoms with van der Waals surface area (Å²) in [4.78, 5) is 25.1. The number of amides is 2. The number of rotatable bonds is 3. The van der Waals surface area contributed by atoms with Gasteiger partial charge >= 0.3 is 12.0 Å². The Hall–Kier alpha value is -2.08. The van der Waals surface area contributed by atoms with Gasteiger partial charge in [0.15, 0.2) is 0 Å². The Kier molecular flexibility index (Phi) is 5.16. The minimum absolute atomic E-state index is 0.0567. The first kappa shape index (κ1) is 15.3. The number of benzene rings is 1. The van der Waals surface area contributed by atoms with Crippen LogP contribution in [0.2, 0.25) is 0 Å². The lowest BCUT2D eigenvalue weighted by Crippen LogP contribution is -2.44. The van der Waals surface area contributed by atoms with E-state index in [1.54, 1.807) is 23.1 Å². The molecule has 0 saturated carbocycles. The third-order valence-corrected chi connectivity index (χ3v) is 3.75. The zero-order valence-electron chi connectivity index (χ0n) is 11.8. The van der Waals surface area contributed by atoms with Gasteiger partial charge in [0.25, 0.3) is 0 Å². The van der Waals surface area contributed by atoms with E-state index in [0.29, 0.717) is 6.54 Å². The minimum atomic E-state index is -1.08. The third-order valence-electron chi connectivity index (χ3n) is 3.75. The minimum Gasteiger partial charge on any atom is -0.478 e. The lowest BCUT2D eigenvalue weighted by atomic mass is 10.1. The molecule has 1 unspecified atom stereocenters. The molecule has 1 fully saturated rings. The molecule has 2 rings (SSSR count). The van der Waals surface area contributed by atoms with E-state index in [4.69, 9.17) is 5.11 Å². The van der Waals surface area contributed by atoms with Crippen molar-refractivity contribution in [1.82, 2.24) is 4.90 Å². The summed E-state index contributed by atoms with van der Waals surface area (Å²) in [6.45, 7) is 0.500. The number of nitrogens with one attached hydrogen (secondary N) is 1. The van der Waals surface area contributed by atoms with Gasteiger partial charge in [-0.05, 0) is 25.0 Å². The van der Waals surface area contributed by atoms with Crippen molar-refractivity contribution in [3.63, 3.8) is 0 Å². The van der Waals surface area contributed by atoms with E-state index in [9.17, 15) is 14.7 Å². The molecule has 114 valence electrons. The van der Waals surface area contributed by atoms with Gasteiger partial charge < -0.3 is 20.4 Å². The van der Waals surface area contributed by atoms with Gasteiger partial charge in [0.2, 0.25) is 0 Å². The summed E-state index contributed by atoms with van der Waals surface area (Å²) in [5.41, 5.74) is 0.331. The van der Waals surface area contributed by atoms with E-state index in [1.165, 1.54) is 6.07 Å². The first-order valence-corrected chi connectivity index (χ1v) is 7.14. The number of carboxylic acid groups (broad SMARTS) is 1. The molecule has 0 aromatic heterocycles. The van der Waals surface area contributed by atoms with Crippen LogP contribution in [0, 0.1) is 0 Å². The highest BCUT2D eigenvalue weighted by Crippen LogP contribution is 2.20. The molecule has 1 saturated heterocycles. The molecular weight excluding hydrogens is 272 g/mol. The van der Waals surface area contributed by atoms with Crippen LogP contribution in [-0.4, -0.2) is 46.3 Å². The quantitative estimate of drug-likeness (QED) is 0.796. The Morgan fingerprint density at radius 1 is 1.24 bits per heavy atom. The number of carboxylic acids is 1. The summed E-state index contributed by atoms with van der Waals surface area (Å²) >= 11 is 0. The van der Waals surface area contributed by atoms with E-state index >= 15 is 0 Å². The number of hydrogen-bond acceptors (Lipinski definition) is 3. The van der Waals surface area contributed by atoms with Crippen LogP contribution in [0.15, 0.2) is 24.3 Å². The second-order valence-corrected chi connectivity index (χ2v) is 5.16. The maximum absolute atomic E-state index is 12.4. The summed E-state index contributed by atoms with van der Waals surface area (Å²) in [5, 5.41) is 21.2. The highest BCUT2D eigenvalue weighted by molar-refractivity contribution is 6.00. The fourth-order valence-corrected chi connectivity index (χ4v) is 2.60. The summed E-state index contributed by atoms with van der Waals surface area (Å²) in [5.74, 6) is -1.08. The van der Waals surface area contributed by atoms with Crippen LogP contribution in [0.3, 0.4) is 0 Å². The number of likely N-dealkylation sites (tertiary alicyclic amines) is 1. The number of urea groups is 1. The number of aliphatic hydroxyl groups is 1. The van der Waals surface area contributed by atoms with Crippen LogP contribution in [0.1, 0.15) is 36.0 Å². The summed E-state index contributed by atoms with van der Waals surface area (Å²) in [6, 6.07) is 5.74. The van der Waals surface area contributed by atoms with Gasteiger partial charge in [-0.1, -0.05) is 25.0 Å². The number of nitrogens with zero attached hydrogens (tertiary/aromatic N) is 1. The van der Waals surface area contributed by atoms with Crippen molar-refractivity contribution < 1.29 is 19.8 Å². The van der Waals surface area contributed by atoms with E-state index in [0.717, 1.165) is 25.7 Å². The monoisotopic (exact) mass is 292 g/mol. The summed E-state index contributed by atoms with van der Waals surface area (Å²) < 4.78 is 0. The van der Waals surface area contributed by atoms with Gasteiger partial charge in [-0.25, -0.2) is 9.59 Å². The summed E-state index contributed by atoms with van der Waals surface area (Å²) in [6.07, 6.45) is 3.68. The molecule has 1 aliphatic heterocycles. The molecule has 2 amide bonds. The molecule has 0 aliphatic carbocycles. The Morgan fingerprint density at radius 3 is 2.71 bits per heavy atom. The molecule has 0 spiro atoms. The maximum Gasteiger partial charge on any atom is 0.337 e. The van der Waals surface area contributed by atoms with Gasteiger partial charge in [-0.3, -0.25) is 0 Å². The predicted octanol–water partition coefficient (Wildman–Crippen LogP) is 2.15. The molecule has 0 bridgehead atoms. The molecule has 6 heteroatoms. The second-order valence-electron chi connectivity index (χ2n) is 5.16. The maximum atomic E-state index is 12.4. The van der Waals surface area contributed by atoms with E-state index in [-0.39, 0.29) is 29.9 Å². The van der Waals surface area contributed by atoms with Crippen molar-refractivity contribution in [2.45, 2.75) is 31.7 Å². The second kappa shape index (κ2) is 7.08. The molecule has 21 heavy (non-hydrogen) atoms. The largest absolute Gasteiger partial charge is 0.478 e. The number of aliphatic hydroxyl groups excluding tert-OH is 1. The molecule has 1 aromatic carbocycles. The number of aromatic carboxylic acids is 1. The van der Waals surface area contributed by atoms with Crippen molar-refractivity contribution >= 4 is 17.7 Å². The Bertz CT molecular complexity index is 518. The lowest BCUT2D eigenvalue weighted by molar-refractivity contribution is 0.0698. The first-order valence-electron chi connectivity index (χ1n) is 7.14. The zero-order valence-corrected chi connectivity index (χ0v) is 11.8. The average Bonchev–Trinajstić information content (AvgIpc) is 2.72. The Morgan fingerprint density at radius 2 is 2.00 bits per heavy atom. The topological polar surface area (TPSA) is 89.9 Å². The molecule has 1 heterocycles. The van der Waals surface area contributed by atoms with Crippen molar-refractivity contribution in [2.24, 2.45) is 0 Å². The van der Waals surface area contributed by atoms with Crippen LogP contribution in [0.4, 0.5) is 10.5 Å². The SMILES string of the molecule is O=C(O)c1ccccc1NC(=O)N1CCCCCC1CO. The normalized spacial score (nSPS) is 18.9. The molecule has 1 atom stereocenters. The van der Waals surface area contributed by atoms with Crippen LogP contribution < -0.4 is 5.32 Å². The molecule has 0 radical (unpaired) electrons. The molecule has 1 aliphatic rings. The smallest absolute Gasteiger partial charge is 0.337 e. The van der Waals surface area contributed by atoms with Crippen molar-refractivity contribution in [3.05, 3.63) is 29.8 Å². The van der Waals surface area contributed by atoms with Crippen molar-refractivity contribution in [3.8, 4) is 0 Å². The average molecular weight is 292 g/mol. The van der Waals surface area contributed by atoms with Crippen molar-refractivity contribution in [1.29, 1.82) is 0 Å². The number of anilines is 1. The highest BCUT2D eigenvalue weighted by atomic mass is 16.4. The van der Waals surface area contributed by atoms with Gasteiger partial charge in [-0.2, -0.15) is 0 Å². The third kappa shape index (κ3) is 3.72. The highest BCUT2D eigenvalue weighted by Gasteiger charge is 2.25. The Labute approximate surface area is 123 Å². The summed E-state index contributed by atoms with van der Waals surface area (Å²) in [7, 11) is 0. The van der Waals surface area contributed by atoms with E-state index < -0.39 is 5.97 Å². The number of para-hydroxylation sites is 1. The molecule has 6 nitrogen and oxygen atoms in total. The Balaban J connectivity index is 2.14.